The van der Waals surface area contributed by atoms with Crippen molar-refractivity contribution in [3.63, 3.8) is 0 Å². The summed E-state index contributed by atoms with van der Waals surface area (Å²) < 4.78 is 5.11. The number of aldehydes is 1. The van der Waals surface area contributed by atoms with Gasteiger partial charge in [-0.2, -0.15) is 0 Å². The molecule has 0 aliphatic heterocycles. The maximum atomic E-state index is 11.4. The van der Waals surface area contributed by atoms with Crippen LogP contribution in [-0.2, 0) is 14.3 Å². The zero-order valence-electron chi connectivity index (χ0n) is 11.5. The van der Waals surface area contributed by atoms with Crippen molar-refractivity contribution >= 4 is 12.3 Å². The molecule has 0 atom stereocenters. The van der Waals surface area contributed by atoms with E-state index in [-0.39, 0.29) is 5.97 Å². The van der Waals surface area contributed by atoms with Crippen LogP contribution in [0.5, 0.6) is 0 Å². The SMILES string of the molecule is CCCCCCCOC(=O)CCC(C)(C)C=O. The molecule has 0 radical (unpaired) electrons. The normalized spacial score (nSPS) is 11.2. The van der Waals surface area contributed by atoms with Crippen molar-refractivity contribution in [2.45, 2.75) is 65.7 Å². The van der Waals surface area contributed by atoms with Gasteiger partial charge in [0.05, 0.1) is 6.61 Å². The summed E-state index contributed by atoms with van der Waals surface area (Å²) >= 11 is 0. The number of carbonyl (C=O) groups is 2. The van der Waals surface area contributed by atoms with Gasteiger partial charge in [-0.15, -0.1) is 0 Å². The molecule has 0 aromatic carbocycles. The molecule has 0 fully saturated rings. The number of carbonyl (C=O) groups excluding carboxylic acids is 2. The van der Waals surface area contributed by atoms with E-state index >= 15 is 0 Å². The predicted octanol–water partition coefficient (Wildman–Crippen LogP) is 3.51. The Hall–Kier alpha value is -0.860. The molecule has 100 valence electrons. The lowest BCUT2D eigenvalue weighted by molar-refractivity contribution is -0.144. The summed E-state index contributed by atoms with van der Waals surface area (Å²) in [7, 11) is 0. The molecular weight excluding hydrogens is 216 g/mol. The molecule has 0 heterocycles. The quantitative estimate of drug-likeness (QED) is 0.334. The second-order valence-electron chi connectivity index (χ2n) is 5.24. The predicted molar refractivity (Wildman–Crippen MR) is 68.8 cm³/mol. The van der Waals surface area contributed by atoms with Gasteiger partial charge in [0.1, 0.15) is 6.29 Å². The Labute approximate surface area is 105 Å². The summed E-state index contributed by atoms with van der Waals surface area (Å²) in [4.78, 5) is 22.0. The van der Waals surface area contributed by atoms with Crippen LogP contribution < -0.4 is 0 Å². The minimum Gasteiger partial charge on any atom is -0.466 e. The minimum atomic E-state index is -0.417. The first kappa shape index (κ1) is 16.1. The fourth-order valence-electron chi connectivity index (χ4n) is 1.45. The van der Waals surface area contributed by atoms with Crippen molar-refractivity contribution in [3.8, 4) is 0 Å². The summed E-state index contributed by atoms with van der Waals surface area (Å²) in [6.45, 7) is 6.36. The standard InChI is InChI=1S/C14H26O3/c1-4-5-6-7-8-11-17-13(16)9-10-14(2,3)12-15/h12H,4-11H2,1-3H3. The van der Waals surface area contributed by atoms with Crippen molar-refractivity contribution in [2.75, 3.05) is 6.61 Å². The molecule has 0 unspecified atom stereocenters. The van der Waals surface area contributed by atoms with Crippen LogP contribution in [-0.4, -0.2) is 18.9 Å². The van der Waals surface area contributed by atoms with Crippen molar-refractivity contribution in [2.24, 2.45) is 5.41 Å². The highest BCUT2D eigenvalue weighted by molar-refractivity contribution is 5.70. The zero-order chi connectivity index (χ0) is 13.1. The molecule has 3 nitrogen and oxygen atoms in total. The maximum Gasteiger partial charge on any atom is 0.305 e. The fourth-order valence-corrected chi connectivity index (χ4v) is 1.45. The van der Waals surface area contributed by atoms with Crippen LogP contribution in [0.2, 0.25) is 0 Å². The van der Waals surface area contributed by atoms with Gasteiger partial charge >= 0.3 is 5.97 Å². The molecule has 0 saturated heterocycles. The second kappa shape index (κ2) is 9.20. The Morgan fingerprint density at radius 2 is 1.82 bits per heavy atom. The van der Waals surface area contributed by atoms with Crippen LogP contribution in [0.25, 0.3) is 0 Å². The third-order valence-corrected chi connectivity index (χ3v) is 2.80. The third-order valence-electron chi connectivity index (χ3n) is 2.80. The molecule has 17 heavy (non-hydrogen) atoms. The molecule has 0 saturated carbocycles. The van der Waals surface area contributed by atoms with Crippen LogP contribution in [0.4, 0.5) is 0 Å². The average molecular weight is 242 g/mol. The van der Waals surface area contributed by atoms with Crippen molar-refractivity contribution in [3.05, 3.63) is 0 Å². The van der Waals surface area contributed by atoms with Crippen molar-refractivity contribution in [1.82, 2.24) is 0 Å². The molecule has 0 aromatic heterocycles. The molecule has 0 aliphatic carbocycles. The highest BCUT2D eigenvalue weighted by atomic mass is 16.5. The second-order valence-corrected chi connectivity index (χ2v) is 5.24. The van der Waals surface area contributed by atoms with Crippen molar-refractivity contribution in [1.29, 1.82) is 0 Å². The molecule has 0 aromatic rings. The first-order valence-electron chi connectivity index (χ1n) is 6.64. The molecule has 0 spiro atoms. The summed E-state index contributed by atoms with van der Waals surface area (Å²) in [5.41, 5.74) is -0.417. The number of unbranched alkanes of at least 4 members (excludes halogenated alkanes) is 4. The molecule has 0 N–H and O–H groups in total. The van der Waals surface area contributed by atoms with Gasteiger partial charge in [0.2, 0.25) is 0 Å². The van der Waals surface area contributed by atoms with E-state index < -0.39 is 5.41 Å². The Kier molecular flexibility index (Phi) is 8.73. The van der Waals surface area contributed by atoms with Gasteiger partial charge in [-0.05, 0) is 12.8 Å². The van der Waals surface area contributed by atoms with Crippen LogP contribution in [0, 0.1) is 5.41 Å². The number of ether oxygens (including phenoxy) is 1. The first-order valence-corrected chi connectivity index (χ1v) is 6.64. The zero-order valence-corrected chi connectivity index (χ0v) is 11.5. The Morgan fingerprint density at radius 3 is 2.41 bits per heavy atom. The molecule has 0 amide bonds. The van der Waals surface area contributed by atoms with Gasteiger partial charge in [-0.1, -0.05) is 46.5 Å². The maximum absolute atomic E-state index is 11.4. The van der Waals surface area contributed by atoms with Gasteiger partial charge in [-0.25, -0.2) is 0 Å². The number of hydrogen-bond donors (Lipinski definition) is 0. The van der Waals surface area contributed by atoms with Crippen molar-refractivity contribution < 1.29 is 14.3 Å². The van der Waals surface area contributed by atoms with E-state index in [0.717, 1.165) is 19.1 Å². The van der Waals surface area contributed by atoms with Crippen LogP contribution in [0.1, 0.15) is 65.7 Å². The van der Waals surface area contributed by atoms with Crippen LogP contribution in [0.3, 0.4) is 0 Å². The van der Waals surface area contributed by atoms with E-state index in [2.05, 4.69) is 6.92 Å². The number of rotatable bonds is 10. The first-order chi connectivity index (χ1) is 8.02. The topological polar surface area (TPSA) is 43.4 Å². The molecule has 0 aliphatic rings. The highest BCUT2D eigenvalue weighted by Crippen LogP contribution is 2.19. The van der Waals surface area contributed by atoms with E-state index in [1.807, 2.05) is 13.8 Å². The summed E-state index contributed by atoms with van der Waals surface area (Å²) in [6, 6.07) is 0. The third kappa shape index (κ3) is 10.0. The van der Waals surface area contributed by atoms with Crippen LogP contribution >= 0.6 is 0 Å². The molecule has 0 rings (SSSR count). The Morgan fingerprint density at radius 1 is 1.18 bits per heavy atom. The summed E-state index contributed by atoms with van der Waals surface area (Å²) in [6.07, 6.45) is 7.55. The Balaban J connectivity index is 3.44. The molecule has 3 heteroatoms. The number of hydrogen-bond acceptors (Lipinski definition) is 3. The van der Waals surface area contributed by atoms with E-state index in [0.29, 0.717) is 19.4 Å². The van der Waals surface area contributed by atoms with E-state index in [1.54, 1.807) is 0 Å². The van der Waals surface area contributed by atoms with Gasteiger partial charge in [0, 0.05) is 11.8 Å². The lowest BCUT2D eigenvalue weighted by Crippen LogP contribution is -2.16. The monoisotopic (exact) mass is 242 g/mol. The Bertz CT molecular complexity index is 222. The van der Waals surface area contributed by atoms with Gasteiger partial charge in [-0.3, -0.25) is 4.79 Å². The molecular formula is C14H26O3. The lowest BCUT2D eigenvalue weighted by Gasteiger charge is -2.15. The average Bonchev–Trinajstić information content (AvgIpc) is 2.31. The summed E-state index contributed by atoms with van der Waals surface area (Å²) in [5.74, 6) is -0.185. The van der Waals surface area contributed by atoms with Gasteiger partial charge < -0.3 is 9.53 Å². The smallest absolute Gasteiger partial charge is 0.305 e. The van der Waals surface area contributed by atoms with E-state index in [9.17, 15) is 9.59 Å². The van der Waals surface area contributed by atoms with Crippen LogP contribution in [0.15, 0.2) is 0 Å². The number of esters is 1. The lowest BCUT2D eigenvalue weighted by atomic mass is 9.90. The highest BCUT2D eigenvalue weighted by Gasteiger charge is 2.18. The van der Waals surface area contributed by atoms with Gasteiger partial charge in [0.25, 0.3) is 0 Å². The molecule has 0 bridgehead atoms. The van der Waals surface area contributed by atoms with E-state index in [1.165, 1.54) is 19.3 Å². The van der Waals surface area contributed by atoms with Gasteiger partial charge in [0.15, 0.2) is 0 Å². The summed E-state index contributed by atoms with van der Waals surface area (Å²) in [5, 5.41) is 0. The van der Waals surface area contributed by atoms with E-state index in [4.69, 9.17) is 4.74 Å². The largest absolute Gasteiger partial charge is 0.466 e. The minimum absolute atomic E-state index is 0.185. The fraction of sp³-hybridized carbons (Fsp3) is 0.857.